The molecule has 1 aromatic rings. The minimum atomic E-state index is -0.0476. The number of epoxide rings is 1. The van der Waals surface area contributed by atoms with E-state index in [-0.39, 0.29) is 18.3 Å². The summed E-state index contributed by atoms with van der Waals surface area (Å²) >= 11 is 0. The lowest BCUT2D eigenvalue weighted by atomic mass is 10.0. The standard InChI is InChI=1S/C14H18O2/c1-14(10-5-11-15)13(16-14)9-8-12-6-3-2-4-7-12/h2-4,6-9,13,15H,5,10-11H2,1H3/b9-8-/t13-,14-/m1/s1. The fourth-order valence-electron chi connectivity index (χ4n) is 1.89. The predicted molar refractivity (Wildman–Crippen MR) is 65.1 cm³/mol. The molecule has 1 N–H and O–H groups in total. The van der Waals surface area contributed by atoms with Crippen LogP contribution in [0.1, 0.15) is 25.3 Å². The lowest BCUT2D eigenvalue weighted by Crippen LogP contribution is -2.08. The van der Waals surface area contributed by atoms with Crippen molar-refractivity contribution >= 4 is 6.08 Å². The Bertz CT molecular complexity index is 358. The largest absolute Gasteiger partial charge is 0.396 e. The highest BCUT2D eigenvalue weighted by Crippen LogP contribution is 2.41. The summed E-state index contributed by atoms with van der Waals surface area (Å²) in [4.78, 5) is 0. The summed E-state index contributed by atoms with van der Waals surface area (Å²) < 4.78 is 5.63. The van der Waals surface area contributed by atoms with Gasteiger partial charge in [-0.05, 0) is 25.3 Å². The molecule has 2 nitrogen and oxygen atoms in total. The summed E-state index contributed by atoms with van der Waals surface area (Å²) in [6.45, 7) is 2.34. The van der Waals surface area contributed by atoms with Crippen LogP contribution in [0.15, 0.2) is 36.4 Å². The van der Waals surface area contributed by atoms with Gasteiger partial charge >= 0.3 is 0 Å². The van der Waals surface area contributed by atoms with Crippen LogP contribution in [0.3, 0.4) is 0 Å². The number of ether oxygens (including phenoxy) is 1. The van der Waals surface area contributed by atoms with Gasteiger partial charge in [0.25, 0.3) is 0 Å². The molecule has 0 saturated carbocycles. The molecule has 2 atom stereocenters. The van der Waals surface area contributed by atoms with Crippen molar-refractivity contribution in [2.24, 2.45) is 0 Å². The maximum absolute atomic E-state index is 8.78. The Morgan fingerprint density at radius 2 is 2.12 bits per heavy atom. The van der Waals surface area contributed by atoms with E-state index in [0.717, 1.165) is 12.8 Å². The van der Waals surface area contributed by atoms with E-state index in [1.54, 1.807) is 0 Å². The smallest absolute Gasteiger partial charge is 0.105 e. The van der Waals surface area contributed by atoms with Gasteiger partial charge in [-0.25, -0.2) is 0 Å². The van der Waals surface area contributed by atoms with Crippen LogP contribution in [-0.4, -0.2) is 23.4 Å². The normalized spacial score (nSPS) is 28.5. The Morgan fingerprint density at radius 3 is 2.81 bits per heavy atom. The Kier molecular flexibility index (Phi) is 3.42. The van der Waals surface area contributed by atoms with E-state index in [0.29, 0.717) is 0 Å². The molecule has 1 aliphatic rings. The highest BCUT2D eigenvalue weighted by Gasteiger charge is 2.49. The van der Waals surface area contributed by atoms with Gasteiger partial charge in [-0.1, -0.05) is 42.5 Å². The molecule has 0 spiro atoms. The van der Waals surface area contributed by atoms with Crippen molar-refractivity contribution in [2.45, 2.75) is 31.5 Å². The quantitative estimate of drug-likeness (QED) is 0.771. The number of aliphatic hydroxyl groups is 1. The van der Waals surface area contributed by atoms with Gasteiger partial charge in [0.15, 0.2) is 0 Å². The molecular formula is C14H18O2. The van der Waals surface area contributed by atoms with Crippen molar-refractivity contribution in [3.8, 4) is 0 Å². The molecule has 0 bridgehead atoms. The first-order valence-corrected chi connectivity index (χ1v) is 5.76. The molecular weight excluding hydrogens is 200 g/mol. The number of hydrogen-bond acceptors (Lipinski definition) is 2. The van der Waals surface area contributed by atoms with Crippen LogP contribution in [0.5, 0.6) is 0 Å². The van der Waals surface area contributed by atoms with Crippen LogP contribution in [0.25, 0.3) is 6.08 Å². The van der Waals surface area contributed by atoms with Crippen molar-refractivity contribution < 1.29 is 9.84 Å². The van der Waals surface area contributed by atoms with E-state index in [4.69, 9.17) is 9.84 Å². The number of aliphatic hydroxyl groups excluding tert-OH is 1. The Morgan fingerprint density at radius 1 is 1.38 bits per heavy atom. The SMILES string of the molecule is C[C@]1(CCCO)O[C@@H]1/C=C\c1ccccc1. The van der Waals surface area contributed by atoms with E-state index >= 15 is 0 Å². The van der Waals surface area contributed by atoms with Crippen LogP contribution in [0.4, 0.5) is 0 Å². The summed E-state index contributed by atoms with van der Waals surface area (Å²) in [6, 6.07) is 10.2. The Hall–Kier alpha value is -1.12. The van der Waals surface area contributed by atoms with Gasteiger partial charge in [0.1, 0.15) is 6.10 Å². The minimum absolute atomic E-state index is 0.0476. The van der Waals surface area contributed by atoms with E-state index in [1.807, 2.05) is 18.2 Å². The molecule has 0 aromatic heterocycles. The van der Waals surface area contributed by atoms with Gasteiger partial charge in [-0.3, -0.25) is 0 Å². The molecule has 2 heteroatoms. The summed E-state index contributed by atoms with van der Waals surface area (Å²) in [5.41, 5.74) is 1.15. The second kappa shape index (κ2) is 4.81. The molecule has 0 amide bonds. The molecule has 1 fully saturated rings. The topological polar surface area (TPSA) is 32.8 Å². The van der Waals surface area contributed by atoms with Crippen LogP contribution in [0, 0.1) is 0 Å². The number of benzene rings is 1. The monoisotopic (exact) mass is 218 g/mol. The summed E-state index contributed by atoms with van der Waals surface area (Å²) in [5, 5.41) is 8.78. The first-order chi connectivity index (χ1) is 7.74. The van der Waals surface area contributed by atoms with Crippen molar-refractivity contribution in [2.75, 3.05) is 6.61 Å². The Labute approximate surface area is 96.6 Å². The summed E-state index contributed by atoms with van der Waals surface area (Å²) in [7, 11) is 0. The molecule has 0 aliphatic carbocycles. The molecule has 1 aromatic carbocycles. The van der Waals surface area contributed by atoms with Crippen LogP contribution in [-0.2, 0) is 4.74 Å². The van der Waals surface area contributed by atoms with Crippen molar-refractivity contribution in [3.05, 3.63) is 42.0 Å². The van der Waals surface area contributed by atoms with Gasteiger partial charge < -0.3 is 9.84 Å². The average Bonchev–Trinajstić information content (AvgIpc) is 2.97. The van der Waals surface area contributed by atoms with Crippen LogP contribution in [0.2, 0.25) is 0 Å². The first kappa shape index (κ1) is 11.4. The van der Waals surface area contributed by atoms with Gasteiger partial charge in [-0.2, -0.15) is 0 Å². The second-order valence-corrected chi connectivity index (χ2v) is 4.45. The number of hydrogen-bond donors (Lipinski definition) is 1. The highest BCUT2D eigenvalue weighted by atomic mass is 16.6. The molecule has 1 aliphatic heterocycles. The molecule has 2 rings (SSSR count). The first-order valence-electron chi connectivity index (χ1n) is 5.76. The van der Waals surface area contributed by atoms with Crippen molar-refractivity contribution in [1.82, 2.24) is 0 Å². The summed E-state index contributed by atoms with van der Waals surface area (Å²) in [6.07, 6.45) is 6.14. The molecule has 1 heterocycles. The average molecular weight is 218 g/mol. The number of rotatable bonds is 5. The zero-order valence-electron chi connectivity index (χ0n) is 9.60. The third-order valence-corrected chi connectivity index (χ3v) is 3.04. The summed E-state index contributed by atoms with van der Waals surface area (Å²) in [5.74, 6) is 0. The van der Waals surface area contributed by atoms with Crippen molar-refractivity contribution in [1.29, 1.82) is 0 Å². The highest BCUT2D eigenvalue weighted by molar-refractivity contribution is 5.50. The zero-order valence-corrected chi connectivity index (χ0v) is 9.60. The zero-order chi connectivity index (χ0) is 11.4. The van der Waals surface area contributed by atoms with E-state index in [1.165, 1.54) is 5.56 Å². The lowest BCUT2D eigenvalue weighted by Gasteiger charge is -2.01. The lowest BCUT2D eigenvalue weighted by molar-refractivity contribution is 0.246. The molecule has 86 valence electrons. The molecule has 0 radical (unpaired) electrons. The molecule has 16 heavy (non-hydrogen) atoms. The predicted octanol–water partition coefficient (Wildman–Crippen LogP) is 2.63. The third-order valence-electron chi connectivity index (χ3n) is 3.04. The third kappa shape index (κ3) is 2.71. The van der Waals surface area contributed by atoms with E-state index in [2.05, 4.69) is 31.2 Å². The maximum atomic E-state index is 8.78. The fourth-order valence-corrected chi connectivity index (χ4v) is 1.89. The Balaban J connectivity index is 1.87. The van der Waals surface area contributed by atoms with Gasteiger partial charge in [0, 0.05) is 6.61 Å². The minimum Gasteiger partial charge on any atom is -0.396 e. The van der Waals surface area contributed by atoms with Gasteiger partial charge in [0.2, 0.25) is 0 Å². The van der Waals surface area contributed by atoms with Crippen LogP contribution < -0.4 is 0 Å². The van der Waals surface area contributed by atoms with Crippen LogP contribution >= 0.6 is 0 Å². The fraction of sp³-hybridized carbons (Fsp3) is 0.429. The van der Waals surface area contributed by atoms with E-state index in [9.17, 15) is 0 Å². The van der Waals surface area contributed by atoms with E-state index < -0.39 is 0 Å². The maximum Gasteiger partial charge on any atom is 0.105 e. The van der Waals surface area contributed by atoms with Gasteiger partial charge in [-0.15, -0.1) is 0 Å². The van der Waals surface area contributed by atoms with Gasteiger partial charge in [0.05, 0.1) is 5.60 Å². The molecule has 0 unspecified atom stereocenters. The second-order valence-electron chi connectivity index (χ2n) is 4.45. The molecule has 1 saturated heterocycles. The van der Waals surface area contributed by atoms with Crippen molar-refractivity contribution in [3.63, 3.8) is 0 Å².